The fraction of sp³-hybridized carbons (Fsp3) is 0.194. The molecule has 5 aromatic rings. The first-order chi connectivity index (χ1) is 21.8. The molecule has 0 fully saturated rings. The number of aliphatic hydroxyl groups is 1. The second-order valence-electron chi connectivity index (χ2n) is 11.1. The van der Waals surface area contributed by atoms with Crippen LogP contribution in [0.25, 0.3) is 11.1 Å². The summed E-state index contributed by atoms with van der Waals surface area (Å²) in [7, 11) is 1.61. The van der Waals surface area contributed by atoms with Crippen molar-refractivity contribution >= 4 is 17.5 Å². The first kappa shape index (κ1) is 29.7. The third-order valence-corrected chi connectivity index (χ3v) is 8.39. The number of aromatic nitrogens is 2. The van der Waals surface area contributed by atoms with Gasteiger partial charge in [0.2, 0.25) is 0 Å². The number of para-hydroxylation sites is 1. The van der Waals surface area contributed by atoms with Crippen LogP contribution in [0.2, 0.25) is 0 Å². The first-order valence-corrected chi connectivity index (χ1v) is 14.7. The van der Waals surface area contributed by atoms with E-state index in [0.717, 1.165) is 33.6 Å². The van der Waals surface area contributed by atoms with Gasteiger partial charge in [0.05, 0.1) is 32.5 Å². The summed E-state index contributed by atoms with van der Waals surface area (Å²) in [5.41, 5.74) is 7.72. The Bertz CT molecular complexity index is 1930. The van der Waals surface area contributed by atoms with E-state index in [4.69, 9.17) is 4.74 Å². The van der Waals surface area contributed by atoms with E-state index in [0.29, 0.717) is 40.4 Å². The van der Waals surface area contributed by atoms with Crippen LogP contribution in [-0.4, -0.2) is 38.7 Å². The number of amides is 2. The summed E-state index contributed by atoms with van der Waals surface area (Å²) in [6.45, 7) is 4.06. The zero-order valence-electron chi connectivity index (χ0n) is 25.4. The minimum absolute atomic E-state index is 0.0198. The van der Waals surface area contributed by atoms with Gasteiger partial charge >= 0.3 is 0 Å². The Morgan fingerprint density at radius 2 is 1.73 bits per heavy atom. The van der Waals surface area contributed by atoms with Crippen molar-refractivity contribution in [1.29, 1.82) is 0 Å². The van der Waals surface area contributed by atoms with Crippen LogP contribution in [0.5, 0.6) is 11.5 Å². The van der Waals surface area contributed by atoms with Gasteiger partial charge in [0.25, 0.3) is 11.8 Å². The third-order valence-electron chi connectivity index (χ3n) is 8.39. The van der Waals surface area contributed by atoms with Gasteiger partial charge in [-0.15, -0.1) is 0 Å². The fourth-order valence-corrected chi connectivity index (χ4v) is 5.89. The molecule has 3 heterocycles. The Labute approximate surface area is 261 Å². The zero-order chi connectivity index (χ0) is 31.7. The van der Waals surface area contributed by atoms with Crippen LogP contribution in [-0.2, 0) is 26.2 Å². The summed E-state index contributed by atoms with van der Waals surface area (Å²) in [5.74, 6) is 0.0356. The van der Waals surface area contributed by atoms with Gasteiger partial charge in [-0.05, 0) is 66.9 Å². The molecule has 0 radical (unpaired) electrons. The van der Waals surface area contributed by atoms with Crippen molar-refractivity contribution in [3.05, 3.63) is 130 Å². The lowest BCUT2D eigenvalue weighted by atomic mass is 9.98. The van der Waals surface area contributed by atoms with Gasteiger partial charge in [0.1, 0.15) is 17.2 Å². The molecule has 228 valence electrons. The number of hydrogen-bond donors (Lipinski definition) is 3. The number of hydrogen-bond acceptors (Lipinski definition) is 6. The van der Waals surface area contributed by atoms with Crippen LogP contribution in [0.1, 0.15) is 54.5 Å². The number of methoxy groups -OCH3 is 1. The molecule has 9 nitrogen and oxygen atoms in total. The summed E-state index contributed by atoms with van der Waals surface area (Å²) in [6.07, 6.45) is 1.49. The molecule has 0 spiro atoms. The molecular formula is C36H34N4O5. The maximum atomic E-state index is 14.2. The Kier molecular flexibility index (Phi) is 8.10. The normalized spacial score (nSPS) is 12.2. The Hall–Kier alpha value is -5.41. The largest absolute Gasteiger partial charge is 0.506 e. The quantitative estimate of drug-likeness (QED) is 0.226. The van der Waals surface area contributed by atoms with Gasteiger partial charge in [-0.25, -0.2) is 0 Å². The van der Waals surface area contributed by atoms with Crippen LogP contribution in [0.3, 0.4) is 0 Å². The van der Waals surface area contributed by atoms with E-state index < -0.39 is 0 Å². The number of rotatable bonds is 7. The minimum atomic E-state index is -0.340. The smallest absolute Gasteiger partial charge is 0.268 e. The topological polar surface area (TPSA) is 117 Å². The van der Waals surface area contributed by atoms with E-state index in [9.17, 15) is 19.8 Å². The van der Waals surface area contributed by atoms with Crippen molar-refractivity contribution in [2.24, 2.45) is 0 Å². The van der Waals surface area contributed by atoms with E-state index in [1.165, 1.54) is 6.20 Å². The number of aliphatic hydroxyl groups excluding tert-OH is 1. The molecule has 0 aliphatic carbocycles. The molecule has 0 atom stereocenters. The highest BCUT2D eigenvalue weighted by Crippen LogP contribution is 2.35. The highest BCUT2D eigenvalue weighted by atomic mass is 16.5. The predicted molar refractivity (Wildman–Crippen MR) is 171 cm³/mol. The second kappa shape index (κ2) is 12.3. The van der Waals surface area contributed by atoms with E-state index in [-0.39, 0.29) is 37.3 Å². The highest BCUT2D eigenvalue weighted by Gasteiger charge is 2.28. The van der Waals surface area contributed by atoms with Crippen LogP contribution < -0.4 is 15.0 Å². The summed E-state index contributed by atoms with van der Waals surface area (Å²) in [6, 6.07) is 24.9. The summed E-state index contributed by atoms with van der Waals surface area (Å²) >= 11 is 0. The number of nitrogens with zero attached hydrogens (tertiary/aromatic N) is 3. The van der Waals surface area contributed by atoms with E-state index in [1.807, 2.05) is 78.2 Å². The van der Waals surface area contributed by atoms with Gasteiger partial charge in [-0.1, -0.05) is 42.5 Å². The van der Waals surface area contributed by atoms with E-state index in [2.05, 4.69) is 10.3 Å². The van der Waals surface area contributed by atoms with Gasteiger partial charge in [0.15, 0.2) is 0 Å². The van der Waals surface area contributed by atoms with Crippen molar-refractivity contribution in [3.63, 3.8) is 0 Å². The van der Waals surface area contributed by atoms with Crippen molar-refractivity contribution in [2.75, 3.05) is 12.0 Å². The second-order valence-corrected chi connectivity index (χ2v) is 11.1. The number of ether oxygens (including phenoxy) is 1. The van der Waals surface area contributed by atoms with Crippen LogP contribution >= 0.6 is 0 Å². The molecule has 0 unspecified atom stereocenters. The van der Waals surface area contributed by atoms with Crippen LogP contribution in [0.4, 0.5) is 5.69 Å². The highest BCUT2D eigenvalue weighted by molar-refractivity contribution is 6.07. The number of fused-ring (bicyclic) bond motifs is 2. The molecule has 3 N–H and O–H groups in total. The van der Waals surface area contributed by atoms with Gasteiger partial charge in [0, 0.05) is 46.4 Å². The molecule has 9 heteroatoms. The monoisotopic (exact) mass is 602 g/mol. The van der Waals surface area contributed by atoms with Gasteiger partial charge in [-0.3, -0.25) is 14.6 Å². The maximum absolute atomic E-state index is 14.2. The lowest BCUT2D eigenvalue weighted by molar-refractivity contribution is 0.0940. The van der Waals surface area contributed by atoms with Gasteiger partial charge in [-0.2, -0.15) is 0 Å². The third kappa shape index (κ3) is 5.54. The minimum Gasteiger partial charge on any atom is -0.506 e. The standard InChI is InChI=1S/C36H34N4O5/c1-22-8-4-6-10-28(22)29-14-12-24(16-33(29)45-3)36(44)40-20-27-13-15-32(39(27)19-25-9-5-7-11-31(25)40)35(43)38-18-30-26(21-41)17-37-23(2)34(30)42/h4-17,41-42H,18-21H2,1-3H3,(H,38,43). The lowest BCUT2D eigenvalue weighted by Crippen LogP contribution is -2.30. The number of carbonyl (C=O) groups is 2. The average molecular weight is 603 g/mol. The molecule has 6 rings (SSSR count). The molecule has 1 aliphatic heterocycles. The number of nitrogens with one attached hydrogen (secondary N) is 1. The molecule has 2 amide bonds. The molecule has 1 aliphatic rings. The van der Waals surface area contributed by atoms with Crippen molar-refractivity contribution in [3.8, 4) is 22.6 Å². The Morgan fingerprint density at radius 1 is 0.956 bits per heavy atom. The number of aromatic hydroxyl groups is 1. The molecule has 45 heavy (non-hydrogen) atoms. The number of benzene rings is 3. The zero-order valence-corrected chi connectivity index (χ0v) is 25.4. The van der Waals surface area contributed by atoms with Crippen molar-refractivity contribution in [2.45, 2.75) is 40.1 Å². The van der Waals surface area contributed by atoms with Crippen LogP contribution in [0, 0.1) is 13.8 Å². The van der Waals surface area contributed by atoms with E-state index in [1.54, 1.807) is 31.1 Å². The summed E-state index contributed by atoms with van der Waals surface area (Å²) in [5, 5.41) is 23.1. The predicted octanol–water partition coefficient (Wildman–Crippen LogP) is 5.51. The molecular weight excluding hydrogens is 568 g/mol. The molecule has 2 aromatic heterocycles. The number of carbonyl (C=O) groups excluding carboxylic acids is 2. The van der Waals surface area contributed by atoms with Crippen molar-refractivity contribution < 1.29 is 24.5 Å². The Morgan fingerprint density at radius 3 is 2.51 bits per heavy atom. The molecule has 0 saturated carbocycles. The maximum Gasteiger partial charge on any atom is 0.268 e. The molecule has 0 bridgehead atoms. The SMILES string of the molecule is COc1cc(C(=O)N2Cc3ccc(C(=O)NCc4c(CO)cnc(C)c4O)n3Cc3ccccc32)ccc1-c1ccccc1C. The number of anilines is 1. The van der Waals surface area contributed by atoms with Crippen LogP contribution in [0.15, 0.2) is 85.1 Å². The molecule has 3 aromatic carbocycles. The molecule has 0 saturated heterocycles. The lowest BCUT2D eigenvalue weighted by Gasteiger charge is -2.23. The van der Waals surface area contributed by atoms with Crippen molar-refractivity contribution in [1.82, 2.24) is 14.9 Å². The van der Waals surface area contributed by atoms with Gasteiger partial charge < -0.3 is 29.7 Å². The fourth-order valence-electron chi connectivity index (χ4n) is 5.89. The van der Waals surface area contributed by atoms with E-state index >= 15 is 0 Å². The Balaban J connectivity index is 1.31. The average Bonchev–Trinajstić information content (AvgIpc) is 3.38. The number of aryl methyl sites for hydroxylation is 2. The summed E-state index contributed by atoms with van der Waals surface area (Å²) < 4.78 is 7.65. The first-order valence-electron chi connectivity index (χ1n) is 14.7. The summed E-state index contributed by atoms with van der Waals surface area (Å²) in [4.78, 5) is 33.4. The number of pyridine rings is 1.